The molecule has 6 rings (SSSR count). The number of para-hydroxylation sites is 1. The van der Waals surface area contributed by atoms with Crippen LogP contribution in [0.2, 0.25) is 0 Å². The van der Waals surface area contributed by atoms with E-state index in [1.807, 2.05) is 22.9 Å². The molecule has 182 valence electrons. The van der Waals surface area contributed by atoms with Crippen molar-refractivity contribution in [3.63, 3.8) is 0 Å². The lowest BCUT2D eigenvalue weighted by Crippen LogP contribution is -2.46. The maximum atomic E-state index is 13.4. The number of nitrogens with zero attached hydrogens (tertiary/aromatic N) is 6. The SMILES string of the molecule is O=c1n(CC2CCCCC2)cc(CN2CCN(c3ccccc3)CC2)c2nc(-c3ccco3)nn12. The highest BCUT2D eigenvalue weighted by Crippen LogP contribution is 2.25. The third kappa shape index (κ3) is 4.62. The molecule has 1 aliphatic carbocycles. The highest BCUT2D eigenvalue weighted by molar-refractivity contribution is 5.55. The fourth-order valence-electron chi connectivity index (χ4n) is 5.52. The zero-order valence-corrected chi connectivity index (χ0v) is 20.1. The first-order valence-corrected chi connectivity index (χ1v) is 12.8. The molecule has 0 spiro atoms. The van der Waals surface area contributed by atoms with Crippen LogP contribution < -0.4 is 10.6 Å². The molecule has 3 aromatic heterocycles. The van der Waals surface area contributed by atoms with E-state index in [1.54, 1.807) is 6.26 Å². The van der Waals surface area contributed by atoms with E-state index in [4.69, 9.17) is 9.40 Å². The molecule has 1 aromatic carbocycles. The Morgan fingerprint density at radius 3 is 2.49 bits per heavy atom. The summed E-state index contributed by atoms with van der Waals surface area (Å²) in [5.41, 5.74) is 2.83. The van der Waals surface area contributed by atoms with E-state index in [9.17, 15) is 4.79 Å². The molecule has 1 saturated heterocycles. The maximum absolute atomic E-state index is 13.4. The second kappa shape index (κ2) is 9.70. The molecular weight excluding hydrogens is 440 g/mol. The summed E-state index contributed by atoms with van der Waals surface area (Å²) in [6, 6.07) is 14.2. The van der Waals surface area contributed by atoms with Gasteiger partial charge in [-0.1, -0.05) is 37.5 Å². The van der Waals surface area contributed by atoms with Gasteiger partial charge < -0.3 is 9.32 Å². The summed E-state index contributed by atoms with van der Waals surface area (Å²) >= 11 is 0. The quantitative estimate of drug-likeness (QED) is 0.422. The molecule has 4 heterocycles. The van der Waals surface area contributed by atoms with Crippen molar-refractivity contribution in [1.29, 1.82) is 0 Å². The Kier molecular flexibility index (Phi) is 6.12. The van der Waals surface area contributed by atoms with Gasteiger partial charge in [0.1, 0.15) is 0 Å². The lowest BCUT2D eigenvalue weighted by molar-refractivity contribution is 0.248. The van der Waals surface area contributed by atoms with Gasteiger partial charge in [-0.3, -0.25) is 9.47 Å². The van der Waals surface area contributed by atoms with Gasteiger partial charge in [0.15, 0.2) is 11.4 Å². The summed E-state index contributed by atoms with van der Waals surface area (Å²) in [5, 5.41) is 4.57. The van der Waals surface area contributed by atoms with Gasteiger partial charge in [0, 0.05) is 56.7 Å². The van der Waals surface area contributed by atoms with Crippen molar-refractivity contribution in [3.05, 3.63) is 71.0 Å². The Hall–Kier alpha value is -3.39. The zero-order valence-electron chi connectivity index (χ0n) is 20.1. The van der Waals surface area contributed by atoms with Crippen molar-refractivity contribution >= 4 is 11.3 Å². The first-order chi connectivity index (χ1) is 17.2. The van der Waals surface area contributed by atoms with Crippen LogP contribution in [0.15, 0.2) is 64.1 Å². The van der Waals surface area contributed by atoms with Gasteiger partial charge in [0.25, 0.3) is 0 Å². The molecule has 0 atom stereocenters. The lowest BCUT2D eigenvalue weighted by Gasteiger charge is -2.36. The molecule has 2 fully saturated rings. The Balaban J connectivity index is 1.28. The highest BCUT2D eigenvalue weighted by Gasteiger charge is 2.23. The van der Waals surface area contributed by atoms with Crippen LogP contribution in [0.5, 0.6) is 0 Å². The number of aromatic nitrogens is 4. The monoisotopic (exact) mass is 472 g/mol. The summed E-state index contributed by atoms with van der Waals surface area (Å²) < 4.78 is 8.88. The van der Waals surface area contributed by atoms with Crippen LogP contribution in [-0.4, -0.2) is 50.2 Å². The van der Waals surface area contributed by atoms with Crippen LogP contribution in [0.3, 0.4) is 0 Å². The minimum Gasteiger partial charge on any atom is -0.461 e. The fourth-order valence-corrected chi connectivity index (χ4v) is 5.52. The molecule has 8 heteroatoms. The van der Waals surface area contributed by atoms with Crippen LogP contribution in [0.1, 0.15) is 37.7 Å². The van der Waals surface area contributed by atoms with Crippen molar-refractivity contribution in [3.8, 4) is 11.6 Å². The zero-order chi connectivity index (χ0) is 23.6. The average molecular weight is 473 g/mol. The molecule has 35 heavy (non-hydrogen) atoms. The van der Waals surface area contributed by atoms with Gasteiger partial charge in [-0.05, 0) is 43.0 Å². The van der Waals surface area contributed by atoms with Gasteiger partial charge in [-0.2, -0.15) is 4.52 Å². The fraction of sp³-hybridized carbons (Fsp3) is 0.444. The van der Waals surface area contributed by atoms with Crippen molar-refractivity contribution in [2.24, 2.45) is 5.92 Å². The number of hydrogen-bond acceptors (Lipinski definition) is 6. The van der Waals surface area contributed by atoms with Crippen molar-refractivity contribution in [2.45, 2.75) is 45.2 Å². The summed E-state index contributed by atoms with van der Waals surface area (Å²) in [6.07, 6.45) is 9.84. The predicted molar refractivity (Wildman–Crippen MR) is 135 cm³/mol. The number of hydrogen-bond donors (Lipinski definition) is 0. The lowest BCUT2D eigenvalue weighted by atomic mass is 9.89. The molecule has 1 aliphatic heterocycles. The minimum atomic E-state index is -0.117. The predicted octanol–water partition coefficient (Wildman–Crippen LogP) is 4.05. The van der Waals surface area contributed by atoms with Gasteiger partial charge in [0.2, 0.25) is 5.82 Å². The van der Waals surface area contributed by atoms with E-state index in [2.05, 4.69) is 45.2 Å². The smallest absolute Gasteiger partial charge is 0.350 e. The molecule has 0 N–H and O–H groups in total. The first kappa shape index (κ1) is 22.1. The van der Waals surface area contributed by atoms with Crippen molar-refractivity contribution < 1.29 is 4.42 Å². The summed E-state index contributed by atoms with van der Waals surface area (Å²) in [6.45, 7) is 5.37. The van der Waals surface area contributed by atoms with Gasteiger partial charge in [-0.15, -0.1) is 5.10 Å². The molecule has 1 saturated carbocycles. The molecule has 0 amide bonds. The topological polar surface area (TPSA) is 71.8 Å². The van der Waals surface area contributed by atoms with Crippen LogP contribution >= 0.6 is 0 Å². The maximum Gasteiger partial charge on any atom is 0.350 e. The third-order valence-electron chi connectivity index (χ3n) is 7.44. The molecular formula is C27H32N6O2. The van der Waals surface area contributed by atoms with Crippen LogP contribution in [-0.2, 0) is 13.1 Å². The number of rotatable bonds is 6. The normalized spacial score (nSPS) is 17.9. The van der Waals surface area contributed by atoms with Crippen LogP contribution in [0, 0.1) is 5.92 Å². The van der Waals surface area contributed by atoms with E-state index >= 15 is 0 Å². The molecule has 0 bridgehead atoms. The molecule has 0 unspecified atom stereocenters. The molecule has 2 aliphatic rings. The van der Waals surface area contributed by atoms with Gasteiger partial charge in [0.05, 0.1) is 6.26 Å². The van der Waals surface area contributed by atoms with E-state index in [1.165, 1.54) is 42.3 Å². The Labute approximate surface area is 204 Å². The van der Waals surface area contributed by atoms with E-state index in [0.717, 1.165) is 44.8 Å². The highest BCUT2D eigenvalue weighted by atomic mass is 16.3. The Bertz CT molecular complexity index is 1310. The van der Waals surface area contributed by atoms with Crippen molar-refractivity contribution in [1.82, 2.24) is 24.1 Å². The third-order valence-corrected chi connectivity index (χ3v) is 7.44. The van der Waals surface area contributed by atoms with E-state index in [-0.39, 0.29) is 5.69 Å². The number of benzene rings is 1. The van der Waals surface area contributed by atoms with E-state index in [0.29, 0.717) is 23.1 Å². The summed E-state index contributed by atoms with van der Waals surface area (Å²) in [7, 11) is 0. The largest absolute Gasteiger partial charge is 0.461 e. The summed E-state index contributed by atoms with van der Waals surface area (Å²) in [4.78, 5) is 23.0. The number of piperazine rings is 1. The summed E-state index contributed by atoms with van der Waals surface area (Å²) in [5.74, 6) is 1.58. The van der Waals surface area contributed by atoms with Gasteiger partial charge in [-0.25, -0.2) is 9.78 Å². The van der Waals surface area contributed by atoms with Crippen LogP contribution in [0.4, 0.5) is 5.69 Å². The molecule has 8 nitrogen and oxygen atoms in total. The first-order valence-electron chi connectivity index (χ1n) is 12.8. The Morgan fingerprint density at radius 1 is 0.943 bits per heavy atom. The minimum absolute atomic E-state index is 0.117. The average Bonchev–Trinajstić information content (AvgIpc) is 3.59. The second-order valence-electron chi connectivity index (χ2n) is 9.84. The number of anilines is 1. The molecule has 4 aromatic rings. The number of furan rings is 1. The van der Waals surface area contributed by atoms with Crippen LogP contribution in [0.25, 0.3) is 17.2 Å². The standard InChI is InChI=1S/C27H32N6O2/c34-27-32(18-21-8-3-1-4-9-21)20-22(26-28-25(29-33(26)27)24-12-7-17-35-24)19-30-13-15-31(16-14-30)23-10-5-2-6-11-23/h2,5-7,10-12,17,20-21H,1,3-4,8-9,13-16,18-19H2. The Morgan fingerprint density at radius 2 is 1.74 bits per heavy atom. The van der Waals surface area contributed by atoms with Crippen molar-refractivity contribution in [2.75, 3.05) is 31.1 Å². The number of fused-ring (bicyclic) bond motifs is 1. The second-order valence-corrected chi connectivity index (χ2v) is 9.84. The molecule has 0 radical (unpaired) electrons. The van der Waals surface area contributed by atoms with E-state index < -0.39 is 0 Å². The van der Waals surface area contributed by atoms with Gasteiger partial charge >= 0.3 is 5.69 Å².